The van der Waals surface area contributed by atoms with E-state index in [1.165, 1.54) is 0 Å². The third-order valence-electron chi connectivity index (χ3n) is 4.32. The first-order chi connectivity index (χ1) is 11.6. The third kappa shape index (κ3) is 3.80. The summed E-state index contributed by atoms with van der Waals surface area (Å²) in [5.74, 6) is -0.553. The van der Waals surface area contributed by atoms with E-state index in [9.17, 15) is 14.4 Å². The molecule has 3 rings (SSSR count). The number of piperidine rings is 1. The maximum absolute atomic E-state index is 12.7. The predicted molar refractivity (Wildman–Crippen MR) is 86.2 cm³/mol. The van der Waals surface area contributed by atoms with E-state index in [2.05, 4.69) is 10.6 Å². The van der Waals surface area contributed by atoms with Crippen molar-refractivity contribution >= 4 is 17.7 Å². The standard InChI is InChI=1S/C17H21N3O4/c21-15-6-5-14(16(22)19-15)18-11-12-3-1-2-4-13(12)17(23)20-7-9-24-10-8-20/h1-4,14,18H,5-11H2,(H,19,21,22)/t14-/m0/s1. The molecule has 0 saturated carbocycles. The number of benzene rings is 1. The first-order valence-electron chi connectivity index (χ1n) is 8.17. The molecular formula is C17H21N3O4. The normalized spacial score (nSPS) is 21.5. The van der Waals surface area contributed by atoms with Crippen molar-refractivity contribution in [2.75, 3.05) is 26.3 Å². The SMILES string of the molecule is O=C1CC[C@H](NCc2ccccc2C(=O)N2CCOCC2)C(=O)N1. The Morgan fingerprint density at radius 3 is 2.75 bits per heavy atom. The van der Waals surface area contributed by atoms with Crippen LogP contribution in [0.15, 0.2) is 24.3 Å². The van der Waals surface area contributed by atoms with Crippen LogP contribution >= 0.6 is 0 Å². The number of carbonyl (C=O) groups excluding carboxylic acids is 3. The number of hydrogen-bond acceptors (Lipinski definition) is 5. The van der Waals surface area contributed by atoms with Crippen molar-refractivity contribution in [3.05, 3.63) is 35.4 Å². The van der Waals surface area contributed by atoms with Gasteiger partial charge in [-0.2, -0.15) is 0 Å². The molecule has 0 spiro atoms. The molecule has 3 amide bonds. The van der Waals surface area contributed by atoms with Crippen LogP contribution in [0.25, 0.3) is 0 Å². The molecule has 1 atom stereocenters. The van der Waals surface area contributed by atoms with Gasteiger partial charge in [-0.1, -0.05) is 18.2 Å². The van der Waals surface area contributed by atoms with Gasteiger partial charge in [-0.3, -0.25) is 19.7 Å². The highest BCUT2D eigenvalue weighted by atomic mass is 16.5. The minimum absolute atomic E-state index is 0.0148. The van der Waals surface area contributed by atoms with Crippen LogP contribution in [-0.2, 0) is 20.9 Å². The largest absolute Gasteiger partial charge is 0.378 e. The van der Waals surface area contributed by atoms with Crippen LogP contribution in [0, 0.1) is 0 Å². The van der Waals surface area contributed by atoms with Gasteiger partial charge in [0.2, 0.25) is 11.8 Å². The van der Waals surface area contributed by atoms with Gasteiger partial charge in [0.05, 0.1) is 19.3 Å². The zero-order chi connectivity index (χ0) is 16.9. The first kappa shape index (κ1) is 16.6. The predicted octanol–water partition coefficient (Wildman–Crippen LogP) is 0.0538. The maximum Gasteiger partial charge on any atom is 0.254 e. The summed E-state index contributed by atoms with van der Waals surface area (Å²) in [7, 11) is 0. The summed E-state index contributed by atoms with van der Waals surface area (Å²) >= 11 is 0. The second-order valence-corrected chi connectivity index (χ2v) is 5.95. The monoisotopic (exact) mass is 331 g/mol. The lowest BCUT2D eigenvalue weighted by atomic mass is 10.0. The zero-order valence-corrected chi connectivity index (χ0v) is 13.4. The summed E-state index contributed by atoms with van der Waals surface area (Å²) < 4.78 is 5.29. The van der Waals surface area contributed by atoms with E-state index in [1.54, 1.807) is 11.0 Å². The van der Waals surface area contributed by atoms with E-state index >= 15 is 0 Å². The molecule has 0 bridgehead atoms. The summed E-state index contributed by atoms with van der Waals surface area (Å²) in [6.45, 7) is 2.70. The van der Waals surface area contributed by atoms with E-state index in [-0.39, 0.29) is 17.7 Å². The van der Waals surface area contributed by atoms with Crippen LogP contribution in [0.3, 0.4) is 0 Å². The molecule has 7 heteroatoms. The van der Waals surface area contributed by atoms with E-state index in [0.29, 0.717) is 51.3 Å². The van der Waals surface area contributed by atoms with Crippen LogP contribution in [0.4, 0.5) is 0 Å². The topological polar surface area (TPSA) is 87.7 Å². The highest BCUT2D eigenvalue weighted by Crippen LogP contribution is 2.14. The first-order valence-corrected chi connectivity index (χ1v) is 8.17. The molecule has 2 saturated heterocycles. The summed E-state index contributed by atoms with van der Waals surface area (Å²) in [5, 5.41) is 5.47. The minimum atomic E-state index is -0.408. The van der Waals surface area contributed by atoms with Crippen LogP contribution in [0.1, 0.15) is 28.8 Å². The van der Waals surface area contributed by atoms with Gasteiger partial charge in [0.1, 0.15) is 0 Å². The second kappa shape index (κ2) is 7.55. The second-order valence-electron chi connectivity index (χ2n) is 5.95. The van der Waals surface area contributed by atoms with Gasteiger partial charge in [0.25, 0.3) is 5.91 Å². The van der Waals surface area contributed by atoms with Gasteiger partial charge in [-0.05, 0) is 18.1 Å². The highest BCUT2D eigenvalue weighted by molar-refractivity contribution is 6.00. The zero-order valence-electron chi connectivity index (χ0n) is 13.4. The molecule has 2 fully saturated rings. The fourth-order valence-electron chi connectivity index (χ4n) is 2.94. The lowest BCUT2D eigenvalue weighted by Gasteiger charge is -2.28. The Labute approximate surface area is 140 Å². The Kier molecular flexibility index (Phi) is 5.22. The maximum atomic E-state index is 12.7. The molecule has 24 heavy (non-hydrogen) atoms. The van der Waals surface area contributed by atoms with Crippen molar-refractivity contribution in [3.8, 4) is 0 Å². The Hall–Kier alpha value is -2.25. The quantitative estimate of drug-likeness (QED) is 0.762. The van der Waals surface area contributed by atoms with Crippen molar-refractivity contribution < 1.29 is 19.1 Å². The van der Waals surface area contributed by atoms with E-state index in [1.807, 2.05) is 18.2 Å². The van der Waals surface area contributed by atoms with Crippen LogP contribution in [0.2, 0.25) is 0 Å². The molecule has 128 valence electrons. The number of ether oxygens (including phenoxy) is 1. The number of nitrogens with zero attached hydrogens (tertiary/aromatic N) is 1. The minimum Gasteiger partial charge on any atom is -0.378 e. The number of rotatable bonds is 4. The Bertz CT molecular complexity index is 640. The van der Waals surface area contributed by atoms with Crippen molar-refractivity contribution in [1.29, 1.82) is 0 Å². The van der Waals surface area contributed by atoms with Gasteiger partial charge in [-0.15, -0.1) is 0 Å². The molecule has 2 N–H and O–H groups in total. The van der Waals surface area contributed by atoms with Crippen LogP contribution in [-0.4, -0.2) is 55.0 Å². The lowest BCUT2D eigenvalue weighted by molar-refractivity contribution is -0.134. The number of carbonyl (C=O) groups is 3. The summed E-state index contributed by atoms with van der Waals surface area (Å²) in [6.07, 6.45) is 0.808. The molecule has 1 aromatic carbocycles. The van der Waals surface area contributed by atoms with E-state index < -0.39 is 6.04 Å². The Morgan fingerprint density at radius 1 is 1.25 bits per heavy atom. The van der Waals surface area contributed by atoms with Crippen molar-refractivity contribution in [2.24, 2.45) is 0 Å². The number of hydrogen-bond donors (Lipinski definition) is 2. The average Bonchev–Trinajstić information content (AvgIpc) is 2.61. The van der Waals surface area contributed by atoms with E-state index in [0.717, 1.165) is 5.56 Å². The fourth-order valence-corrected chi connectivity index (χ4v) is 2.94. The highest BCUT2D eigenvalue weighted by Gasteiger charge is 2.26. The molecule has 0 aromatic heterocycles. The van der Waals surface area contributed by atoms with Gasteiger partial charge < -0.3 is 15.0 Å². The smallest absolute Gasteiger partial charge is 0.254 e. The average molecular weight is 331 g/mol. The Balaban J connectivity index is 1.66. The summed E-state index contributed by atoms with van der Waals surface area (Å²) in [6, 6.07) is 6.99. The van der Waals surface area contributed by atoms with Crippen molar-refractivity contribution in [3.63, 3.8) is 0 Å². The molecule has 0 radical (unpaired) electrons. The van der Waals surface area contributed by atoms with Crippen molar-refractivity contribution in [2.45, 2.75) is 25.4 Å². The number of nitrogens with one attached hydrogen (secondary N) is 2. The van der Waals surface area contributed by atoms with E-state index in [4.69, 9.17) is 4.74 Å². The molecule has 2 heterocycles. The summed E-state index contributed by atoms with van der Waals surface area (Å²) in [5.41, 5.74) is 1.48. The fraction of sp³-hybridized carbons (Fsp3) is 0.471. The molecule has 2 aliphatic heterocycles. The number of imide groups is 1. The molecule has 7 nitrogen and oxygen atoms in total. The Morgan fingerprint density at radius 2 is 2.00 bits per heavy atom. The third-order valence-corrected chi connectivity index (χ3v) is 4.32. The van der Waals surface area contributed by atoms with Gasteiger partial charge >= 0.3 is 0 Å². The molecule has 0 aliphatic carbocycles. The van der Waals surface area contributed by atoms with Crippen LogP contribution < -0.4 is 10.6 Å². The van der Waals surface area contributed by atoms with Gasteiger partial charge in [-0.25, -0.2) is 0 Å². The summed E-state index contributed by atoms with van der Waals surface area (Å²) in [4.78, 5) is 37.5. The molecule has 0 unspecified atom stereocenters. The molecule has 2 aliphatic rings. The van der Waals surface area contributed by atoms with Crippen LogP contribution in [0.5, 0.6) is 0 Å². The molecular weight excluding hydrogens is 310 g/mol. The number of amides is 3. The van der Waals surface area contributed by atoms with Gasteiger partial charge in [0.15, 0.2) is 0 Å². The lowest BCUT2D eigenvalue weighted by Crippen LogP contribution is -2.50. The molecule has 1 aromatic rings. The van der Waals surface area contributed by atoms with Crippen molar-refractivity contribution in [1.82, 2.24) is 15.5 Å². The number of morpholine rings is 1. The van der Waals surface area contributed by atoms with Gasteiger partial charge in [0, 0.05) is 31.6 Å².